The molecule has 22 heavy (non-hydrogen) atoms. The van der Waals surface area contributed by atoms with Crippen LogP contribution in [0.2, 0.25) is 0 Å². The lowest BCUT2D eigenvalue weighted by Crippen LogP contribution is -2.14. The second kappa shape index (κ2) is 5.85. The second-order valence-electron chi connectivity index (χ2n) is 5.18. The molecule has 2 N–H and O–H groups in total. The second-order valence-corrected chi connectivity index (χ2v) is 5.18. The number of anilines is 1. The molecule has 0 aliphatic heterocycles. The maximum atomic E-state index is 11.4. The van der Waals surface area contributed by atoms with Crippen LogP contribution in [0.5, 0.6) is 0 Å². The first-order valence-electron chi connectivity index (χ1n) is 7.03. The molecule has 0 bridgehead atoms. The van der Waals surface area contributed by atoms with E-state index in [0.717, 1.165) is 11.5 Å². The van der Waals surface area contributed by atoms with E-state index in [1.54, 1.807) is 4.68 Å². The van der Waals surface area contributed by atoms with Gasteiger partial charge in [0, 0.05) is 24.9 Å². The molecule has 6 nitrogen and oxygen atoms in total. The number of H-pyrrole nitrogens is 1. The predicted molar refractivity (Wildman–Crippen MR) is 85.2 cm³/mol. The highest BCUT2D eigenvalue weighted by Gasteiger charge is 2.09. The number of hydrogen-bond acceptors (Lipinski definition) is 4. The minimum absolute atomic E-state index is 0.206. The fourth-order valence-electron chi connectivity index (χ4n) is 2.27. The normalized spacial score (nSPS) is 10.6. The summed E-state index contributed by atoms with van der Waals surface area (Å²) < 4.78 is 1.60. The molecule has 3 aromatic rings. The van der Waals surface area contributed by atoms with Gasteiger partial charge in [0.25, 0.3) is 5.56 Å². The number of aromatic nitrogens is 4. The van der Waals surface area contributed by atoms with E-state index >= 15 is 0 Å². The molecule has 0 atom stereocenters. The number of rotatable bonds is 4. The van der Waals surface area contributed by atoms with Crippen molar-refractivity contribution in [1.82, 2.24) is 19.7 Å². The van der Waals surface area contributed by atoms with E-state index < -0.39 is 0 Å². The van der Waals surface area contributed by atoms with Crippen LogP contribution in [-0.4, -0.2) is 19.7 Å². The van der Waals surface area contributed by atoms with Gasteiger partial charge >= 0.3 is 0 Å². The van der Waals surface area contributed by atoms with E-state index in [2.05, 4.69) is 45.5 Å². The fraction of sp³-hybridized carbons (Fsp3) is 0.188. The summed E-state index contributed by atoms with van der Waals surface area (Å²) in [4.78, 5) is 18.3. The first-order valence-corrected chi connectivity index (χ1v) is 7.03. The van der Waals surface area contributed by atoms with Gasteiger partial charge in [0.15, 0.2) is 0 Å². The topological polar surface area (TPSA) is 75.6 Å². The van der Waals surface area contributed by atoms with Crippen LogP contribution in [0.25, 0.3) is 5.95 Å². The van der Waals surface area contributed by atoms with E-state index in [4.69, 9.17) is 0 Å². The summed E-state index contributed by atoms with van der Waals surface area (Å²) in [5.74, 6) is 1.18. The summed E-state index contributed by atoms with van der Waals surface area (Å²) in [6, 6.07) is 11.6. The summed E-state index contributed by atoms with van der Waals surface area (Å²) in [7, 11) is 0. The van der Waals surface area contributed by atoms with Crippen LogP contribution >= 0.6 is 0 Å². The number of aryl methyl sites for hydroxylation is 2. The van der Waals surface area contributed by atoms with Crippen LogP contribution in [-0.2, 0) is 6.54 Å². The molecule has 0 amide bonds. The van der Waals surface area contributed by atoms with Gasteiger partial charge in [-0.3, -0.25) is 9.78 Å². The molecule has 0 aliphatic rings. The Balaban J connectivity index is 1.87. The van der Waals surface area contributed by atoms with Gasteiger partial charge in [-0.2, -0.15) is 9.78 Å². The summed E-state index contributed by atoms with van der Waals surface area (Å²) in [5.41, 5.74) is 3.04. The monoisotopic (exact) mass is 295 g/mol. The van der Waals surface area contributed by atoms with E-state index in [-0.39, 0.29) is 5.56 Å². The third-order valence-corrected chi connectivity index (χ3v) is 3.25. The highest BCUT2D eigenvalue weighted by molar-refractivity contribution is 5.42. The van der Waals surface area contributed by atoms with Crippen LogP contribution in [0.3, 0.4) is 0 Å². The molecule has 0 saturated carbocycles. The lowest BCUT2D eigenvalue weighted by molar-refractivity contribution is 0.791. The average Bonchev–Trinajstić information content (AvgIpc) is 2.86. The van der Waals surface area contributed by atoms with Gasteiger partial charge in [0.2, 0.25) is 5.95 Å². The Labute approximate surface area is 127 Å². The number of benzene rings is 1. The van der Waals surface area contributed by atoms with Gasteiger partial charge in [0.05, 0.1) is 5.69 Å². The van der Waals surface area contributed by atoms with E-state index in [9.17, 15) is 4.79 Å². The molecule has 0 fully saturated rings. The third-order valence-electron chi connectivity index (χ3n) is 3.25. The van der Waals surface area contributed by atoms with Crippen molar-refractivity contribution in [2.45, 2.75) is 20.4 Å². The first-order chi connectivity index (χ1) is 10.6. The molecular weight excluding hydrogens is 278 g/mol. The zero-order valence-electron chi connectivity index (χ0n) is 12.5. The zero-order valence-corrected chi connectivity index (χ0v) is 12.5. The van der Waals surface area contributed by atoms with Crippen molar-refractivity contribution in [1.29, 1.82) is 0 Å². The lowest BCUT2D eigenvalue weighted by Gasteiger charge is -2.09. The summed E-state index contributed by atoms with van der Waals surface area (Å²) in [6.45, 7) is 4.63. The summed E-state index contributed by atoms with van der Waals surface area (Å²) >= 11 is 0. The SMILES string of the molecule is Cc1cccc(CNc2cc(C)nn2-c2nccc(=O)[nH]2)c1. The molecule has 0 unspecified atom stereocenters. The summed E-state index contributed by atoms with van der Waals surface area (Å²) in [6.07, 6.45) is 1.47. The van der Waals surface area contributed by atoms with Crippen molar-refractivity contribution in [2.75, 3.05) is 5.32 Å². The van der Waals surface area contributed by atoms with E-state index in [1.165, 1.54) is 23.4 Å². The quantitative estimate of drug-likeness (QED) is 0.773. The van der Waals surface area contributed by atoms with Crippen LogP contribution in [0.1, 0.15) is 16.8 Å². The third kappa shape index (κ3) is 3.06. The maximum absolute atomic E-state index is 11.4. The zero-order chi connectivity index (χ0) is 15.5. The Hall–Kier alpha value is -2.89. The number of hydrogen-bond donors (Lipinski definition) is 2. The predicted octanol–water partition coefficient (Wildman–Crippen LogP) is 2.18. The molecule has 2 heterocycles. The van der Waals surface area contributed by atoms with Crippen LogP contribution < -0.4 is 10.9 Å². The van der Waals surface area contributed by atoms with Crippen molar-refractivity contribution in [3.8, 4) is 5.95 Å². The minimum atomic E-state index is -0.206. The van der Waals surface area contributed by atoms with Gasteiger partial charge in [-0.05, 0) is 19.4 Å². The van der Waals surface area contributed by atoms with Gasteiger partial charge in [-0.1, -0.05) is 29.8 Å². The van der Waals surface area contributed by atoms with Crippen LogP contribution in [0.4, 0.5) is 5.82 Å². The molecule has 2 aromatic heterocycles. The van der Waals surface area contributed by atoms with Crippen molar-refractivity contribution in [3.63, 3.8) is 0 Å². The largest absolute Gasteiger partial charge is 0.366 e. The van der Waals surface area contributed by atoms with Crippen molar-refractivity contribution in [3.05, 3.63) is 69.8 Å². The van der Waals surface area contributed by atoms with Gasteiger partial charge in [0.1, 0.15) is 5.82 Å². The van der Waals surface area contributed by atoms with Crippen molar-refractivity contribution >= 4 is 5.82 Å². The molecule has 0 radical (unpaired) electrons. The molecule has 0 aliphatic carbocycles. The van der Waals surface area contributed by atoms with Crippen LogP contribution in [0.15, 0.2) is 47.4 Å². The Morgan fingerprint density at radius 1 is 1.23 bits per heavy atom. The number of nitrogens with one attached hydrogen (secondary N) is 2. The van der Waals surface area contributed by atoms with Gasteiger partial charge in [-0.25, -0.2) is 4.98 Å². The van der Waals surface area contributed by atoms with E-state index in [1.807, 2.05) is 19.1 Å². The standard InChI is InChI=1S/C16H17N5O/c1-11-4-3-5-13(8-11)10-18-14-9-12(2)20-21(14)16-17-7-6-15(22)19-16/h3-9,18H,10H2,1-2H3,(H,17,19,22). The Kier molecular flexibility index (Phi) is 3.74. The fourth-order valence-corrected chi connectivity index (χ4v) is 2.27. The molecule has 0 spiro atoms. The smallest absolute Gasteiger partial charge is 0.252 e. The molecular formula is C16H17N5O. The Bertz CT molecular complexity index is 849. The molecule has 3 rings (SSSR count). The molecule has 6 heteroatoms. The van der Waals surface area contributed by atoms with Crippen LogP contribution in [0, 0.1) is 13.8 Å². The Morgan fingerprint density at radius 2 is 2.09 bits per heavy atom. The van der Waals surface area contributed by atoms with Crippen molar-refractivity contribution < 1.29 is 0 Å². The number of aromatic amines is 1. The number of nitrogens with zero attached hydrogens (tertiary/aromatic N) is 3. The Morgan fingerprint density at radius 3 is 2.86 bits per heavy atom. The molecule has 0 saturated heterocycles. The minimum Gasteiger partial charge on any atom is -0.366 e. The van der Waals surface area contributed by atoms with E-state index in [0.29, 0.717) is 12.5 Å². The van der Waals surface area contributed by atoms with Gasteiger partial charge < -0.3 is 5.32 Å². The lowest BCUT2D eigenvalue weighted by atomic mass is 10.1. The molecule has 1 aromatic carbocycles. The maximum Gasteiger partial charge on any atom is 0.252 e. The highest BCUT2D eigenvalue weighted by Crippen LogP contribution is 2.15. The van der Waals surface area contributed by atoms with Gasteiger partial charge in [-0.15, -0.1) is 0 Å². The first kappa shape index (κ1) is 14.1. The van der Waals surface area contributed by atoms with Crippen molar-refractivity contribution in [2.24, 2.45) is 0 Å². The summed E-state index contributed by atoms with van der Waals surface area (Å²) in [5, 5.41) is 7.71. The highest BCUT2D eigenvalue weighted by atomic mass is 16.1. The average molecular weight is 295 g/mol. The molecule has 112 valence electrons.